The quantitative estimate of drug-likeness (QED) is 0.183. The lowest BCUT2D eigenvalue weighted by molar-refractivity contribution is -0.137. The Morgan fingerprint density at radius 2 is 1.51 bits per heavy atom. The highest BCUT2D eigenvalue weighted by atomic mass is 19.1. The molecule has 6 heteroatoms. The molecule has 1 aromatic heterocycles. The number of anilines is 1. The van der Waals surface area contributed by atoms with Crippen molar-refractivity contribution in [1.82, 2.24) is 4.98 Å². The third-order valence-corrected chi connectivity index (χ3v) is 7.91. The molecule has 1 aliphatic carbocycles. The van der Waals surface area contributed by atoms with E-state index >= 15 is 0 Å². The lowest BCUT2D eigenvalue weighted by Gasteiger charge is -2.23. The number of hydrogen-bond acceptors (Lipinski definition) is 4. The molecular weight excluding hydrogens is 515 g/mol. The lowest BCUT2D eigenvalue weighted by atomic mass is 9.82. The topological polar surface area (TPSA) is 79.3 Å². The first-order chi connectivity index (χ1) is 20.0. The fourth-order valence-electron chi connectivity index (χ4n) is 5.57. The van der Waals surface area contributed by atoms with E-state index in [1.165, 1.54) is 49.8 Å². The fourth-order valence-corrected chi connectivity index (χ4v) is 5.57. The van der Waals surface area contributed by atoms with Crippen molar-refractivity contribution < 1.29 is 19.1 Å². The van der Waals surface area contributed by atoms with E-state index in [2.05, 4.69) is 28.5 Å². The van der Waals surface area contributed by atoms with Crippen molar-refractivity contribution in [2.45, 2.75) is 63.8 Å². The average Bonchev–Trinajstić information content (AvgIpc) is 3.01. The average molecular weight is 551 g/mol. The van der Waals surface area contributed by atoms with Crippen molar-refractivity contribution in [2.75, 3.05) is 5.32 Å². The van der Waals surface area contributed by atoms with E-state index in [1.807, 2.05) is 30.3 Å². The molecule has 5 nitrogen and oxygen atoms in total. The molecular formula is C35H35FN2O3. The molecule has 0 saturated heterocycles. The SMILES string of the molecule is O=C(O)CCCC(=O)c1ccc(-c2cc(C3CCCCC3)ccc2CNc2ccc(-c3ccc(F)cc3)cc2)cn1. The number of benzene rings is 3. The number of nitrogens with zero attached hydrogens (tertiary/aromatic N) is 1. The number of aliphatic carboxylic acids is 1. The number of pyridine rings is 1. The first-order valence-corrected chi connectivity index (χ1v) is 14.4. The van der Waals surface area contributed by atoms with Crippen molar-refractivity contribution in [3.8, 4) is 22.3 Å². The van der Waals surface area contributed by atoms with Gasteiger partial charge >= 0.3 is 5.97 Å². The van der Waals surface area contributed by atoms with Gasteiger partial charge in [-0.2, -0.15) is 0 Å². The summed E-state index contributed by atoms with van der Waals surface area (Å²) in [5.41, 5.74) is 7.87. The maximum absolute atomic E-state index is 13.3. The van der Waals surface area contributed by atoms with E-state index in [9.17, 15) is 14.0 Å². The van der Waals surface area contributed by atoms with Crippen molar-refractivity contribution in [1.29, 1.82) is 0 Å². The first-order valence-electron chi connectivity index (χ1n) is 14.4. The van der Waals surface area contributed by atoms with E-state index in [-0.39, 0.29) is 24.4 Å². The number of hydrogen-bond donors (Lipinski definition) is 2. The van der Waals surface area contributed by atoms with Crippen molar-refractivity contribution in [3.05, 3.63) is 108 Å². The van der Waals surface area contributed by atoms with Gasteiger partial charge in [0.05, 0.1) is 0 Å². The van der Waals surface area contributed by atoms with Crippen LogP contribution < -0.4 is 5.32 Å². The molecule has 1 heterocycles. The number of halogens is 1. The maximum Gasteiger partial charge on any atom is 0.303 e. The minimum atomic E-state index is -0.899. The normalized spacial score (nSPS) is 13.6. The van der Waals surface area contributed by atoms with Crippen LogP contribution in [-0.4, -0.2) is 21.8 Å². The zero-order valence-corrected chi connectivity index (χ0v) is 23.1. The summed E-state index contributed by atoms with van der Waals surface area (Å²) in [7, 11) is 0. The summed E-state index contributed by atoms with van der Waals surface area (Å²) in [5.74, 6) is -0.722. The smallest absolute Gasteiger partial charge is 0.303 e. The van der Waals surface area contributed by atoms with Gasteiger partial charge in [0.2, 0.25) is 0 Å². The van der Waals surface area contributed by atoms with Crippen LogP contribution in [0.5, 0.6) is 0 Å². The molecule has 0 atom stereocenters. The van der Waals surface area contributed by atoms with Crippen LogP contribution in [0.25, 0.3) is 22.3 Å². The molecule has 41 heavy (non-hydrogen) atoms. The van der Waals surface area contributed by atoms with Crippen molar-refractivity contribution >= 4 is 17.4 Å². The highest BCUT2D eigenvalue weighted by Gasteiger charge is 2.18. The highest BCUT2D eigenvalue weighted by molar-refractivity contribution is 5.94. The van der Waals surface area contributed by atoms with Gasteiger partial charge in [-0.3, -0.25) is 14.6 Å². The second kappa shape index (κ2) is 13.4. The summed E-state index contributed by atoms with van der Waals surface area (Å²) in [6.45, 7) is 0.617. The van der Waals surface area contributed by atoms with Crippen LogP contribution in [0.2, 0.25) is 0 Å². The molecule has 0 amide bonds. The van der Waals surface area contributed by atoms with Gasteiger partial charge in [0.1, 0.15) is 11.5 Å². The maximum atomic E-state index is 13.3. The van der Waals surface area contributed by atoms with Crippen LogP contribution in [0.15, 0.2) is 85.1 Å². The van der Waals surface area contributed by atoms with Gasteiger partial charge in [0, 0.05) is 36.8 Å². The highest BCUT2D eigenvalue weighted by Crippen LogP contribution is 2.36. The van der Waals surface area contributed by atoms with E-state index in [0.717, 1.165) is 33.5 Å². The number of carbonyl (C=O) groups excluding carboxylic acids is 1. The molecule has 1 saturated carbocycles. The Morgan fingerprint density at radius 3 is 2.17 bits per heavy atom. The molecule has 3 aromatic carbocycles. The Hall–Kier alpha value is -4.32. The fraction of sp³-hybridized carbons (Fsp3) is 0.286. The first kappa shape index (κ1) is 28.2. The molecule has 0 spiro atoms. The second-order valence-electron chi connectivity index (χ2n) is 10.8. The van der Waals surface area contributed by atoms with Crippen molar-refractivity contribution in [3.63, 3.8) is 0 Å². The molecule has 0 bridgehead atoms. The summed E-state index contributed by atoms with van der Waals surface area (Å²) >= 11 is 0. The monoisotopic (exact) mass is 550 g/mol. The Kier molecular flexibility index (Phi) is 9.19. The number of rotatable bonds is 11. The molecule has 4 aromatic rings. The second-order valence-corrected chi connectivity index (χ2v) is 10.8. The van der Waals surface area contributed by atoms with Gasteiger partial charge in [-0.15, -0.1) is 0 Å². The summed E-state index contributed by atoms with van der Waals surface area (Å²) in [5, 5.41) is 12.4. The van der Waals surface area contributed by atoms with Crippen LogP contribution >= 0.6 is 0 Å². The van der Waals surface area contributed by atoms with E-state index < -0.39 is 5.97 Å². The summed E-state index contributed by atoms with van der Waals surface area (Å²) < 4.78 is 13.3. The molecule has 0 aliphatic heterocycles. The Balaban J connectivity index is 1.34. The summed E-state index contributed by atoms with van der Waals surface area (Å²) in [4.78, 5) is 27.7. The predicted octanol–water partition coefficient (Wildman–Crippen LogP) is 8.65. The number of Topliss-reactive ketones (excluding diaryl/α,β-unsaturated/α-hetero) is 1. The number of aromatic nitrogens is 1. The molecule has 210 valence electrons. The third-order valence-electron chi connectivity index (χ3n) is 7.91. The van der Waals surface area contributed by atoms with Crippen LogP contribution in [0.1, 0.15) is 78.9 Å². The largest absolute Gasteiger partial charge is 0.481 e. The molecule has 1 fully saturated rings. The van der Waals surface area contributed by atoms with Gasteiger partial charge in [-0.25, -0.2) is 4.39 Å². The van der Waals surface area contributed by atoms with Crippen LogP contribution in [0, 0.1) is 5.82 Å². The lowest BCUT2D eigenvalue weighted by Crippen LogP contribution is -2.07. The van der Waals surface area contributed by atoms with E-state index in [0.29, 0.717) is 24.6 Å². The Bertz CT molecular complexity index is 1480. The number of carboxylic acids is 1. The molecule has 2 N–H and O–H groups in total. The standard InChI is InChI=1S/C35H35FN2O3/c36-30-16-11-25(12-17-30)26-13-18-31(19-14-26)37-22-28-10-9-27(24-5-2-1-3-6-24)21-32(28)29-15-20-33(38-23-29)34(39)7-4-8-35(40)41/h9-21,23-24,37H,1-8,22H2,(H,40,41). The van der Waals surface area contributed by atoms with E-state index in [1.54, 1.807) is 24.4 Å². The van der Waals surface area contributed by atoms with Gasteiger partial charge in [0.15, 0.2) is 5.78 Å². The molecule has 0 unspecified atom stereocenters. The van der Waals surface area contributed by atoms with Crippen LogP contribution in [-0.2, 0) is 11.3 Å². The summed E-state index contributed by atoms with van der Waals surface area (Å²) in [6, 6.07) is 25.0. The predicted molar refractivity (Wildman–Crippen MR) is 160 cm³/mol. The molecule has 5 rings (SSSR count). The number of carbonyl (C=O) groups is 2. The number of ketones is 1. The Labute approximate surface area is 240 Å². The van der Waals surface area contributed by atoms with Crippen LogP contribution in [0.3, 0.4) is 0 Å². The zero-order chi connectivity index (χ0) is 28.6. The van der Waals surface area contributed by atoms with Crippen LogP contribution in [0.4, 0.5) is 10.1 Å². The van der Waals surface area contributed by atoms with E-state index in [4.69, 9.17) is 5.11 Å². The molecule has 0 radical (unpaired) electrons. The third kappa shape index (κ3) is 7.46. The van der Waals surface area contributed by atoms with Crippen molar-refractivity contribution in [2.24, 2.45) is 0 Å². The Morgan fingerprint density at radius 1 is 0.829 bits per heavy atom. The van der Waals surface area contributed by atoms with Gasteiger partial charge < -0.3 is 10.4 Å². The minimum Gasteiger partial charge on any atom is -0.481 e. The zero-order valence-electron chi connectivity index (χ0n) is 23.1. The van der Waals surface area contributed by atoms with Gasteiger partial charge in [-0.1, -0.05) is 67.8 Å². The minimum absolute atomic E-state index is 0.0247. The van der Waals surface area contributed by atoms with Gasteiger partial charge in [-0.05, 0) is 83.3 Å². The molecule has 1 aliphatic rings. The number of nitrogens with one attached hydrogen (secondary N) is 1. The number of carboxylic acid groups (broad SMARTS) is 1. The summed E-state index contributed by atoms with van der Waals surface area (Å²) in [6.07, 6.45) is 8.45. The van der Waals surface area contributed by atoms with Gasteiger partial charge in [0.25, 0.3) is 0 Å².